The molecule has 2 atom stereocenters. The zero-order valence-corrected chi connectivity index (χ0v) is 33.9. The van der Waals surface area contributed by atoms with Crippen molar-refractivity contribution in [3.05, 3.63) is 114 Å². The van der Waals surface area contributed by atoms with Gasteiger partial charge in [0, 0.05) is 51.3 Å². The summed E-state index contributed by atoms with van der Waals surface area (Å²) in [5.41, 5.74) is 14.8. The van der Waals surface area contributed by atoms with Crippen molar-refractivity contribution in [2.75, 3.05) is 0 Å². The number of rotatable bonds is 2. The predicted octanol–water partition coefficient (Wildman–Crippen LogP) is 11.2. The van der Waals surface area contributed by atoms with Crippen molar-refractivity contribution in [3.8, 4) is 22.5 Å². The summed E-state index contributed by atoms with van der Waals surface area (Å²) in [7, 11) is -1.66. The summed E-state index contributed by atoms with van der Waals surface area (Å²) in [4.78, 5) is 4.78. The summed E-state index contributed by atoms with van der Waals surface area (Å²) in [5, 5.41) is 3.85. The van der Waals surface area contributed by atoms with Gasteiger partial charge in [0.15, 0.2) is 24.1 Å². The number of allylic oxidation sites excluding steroid dienone is 1. The molecular formula is C48H55N3OSi+2. The van der Waals surface area contributed by atoms with Crippen molar-refractivity contribution in [1.82, 2.24) is 4.98 Å². The first-order valence-electron chi connectivity index (χ1n) is 20.1. The summed E-state index contributed by atoms with van der Waals surface area (Å²) in [5.74, 6) is 1.01. The molecule has 2 aliphatic heterocycles. The minimum atomic E-state index is -1.66. The maximum Gasteiger partial charge on any atom is 0.227 e. The summed E-state index contributed by atoms with van der Waals surface area (Å²) in [6.07, 6.45) is 14.6. The Kier molecular flexibility index (Phi) is 8.19. The first kappa shape index (κ1) is 34.4. The maximum absolute atomic E-state index is 6.49. The smallest absolute Gasteiger partial charge is 0.227 e. The second kappa shape index (κ2) is 12.6. The van der Waals surface area contributed by atoms with Gasteiger partial charge in [-0.15, -0.1) is 0 Å². The van der Waals surface area contributed by atoms with Crippen molar-refractivity contribution >= 4 is 41.0 Å². The summed E-state index contributed by atoms with van der Waals surface area (Å²) in [6, 6.07) is 25.9. The molecule has 53 heavy (non-hydrogen) atoms. The fraction of sp³-hybridized carbons (Fsp3) is 0.396. The standard InChI is InChI=1S/C48H55N3OSi/c1-30-18-20-38-41-27-39-33(25-45(41)52-47(38)49-30)19-21-37-35-16-12-13-17-36(35)44-28-40(32-14-10-9-11-15-32)46(53(6,7)8)29-51(44)42(37)24-31(2)50-23-22-34(26-43(39)50)48(3,4)5/h12-13,16-18,20,22-23,25-29,32,37,42H,2,9-11,14-15,19,21,24H2,1,3-8H3/q+2. The van der Waals surface area contributed by atoms with Gasteiger partial charge in [-0.2, -0.15) is 9.13 Å². The Hall–Kier alpha value is -4.35. The maximum atomic E-state index is 6.49. The minimum Gasteiger partial charge on any atom is -0.438 e. The van der Waals surface area contributed by atoms with Gasteiger partial charge in [0.05, 0.1) is 20.1 Å². The lowest BCUT2D eigenvalue weighted by molar-refractivity contribution is -0.719. The number of pyridine rings is 3. The first-order valence-corrected chi connectivity index (χ1v) is 23.6. The third kappa shape index (κ3) is 5.91. The Morgan fingerprint density at radius 1 is 0.830 bits per heavy atom. The van der Waals surface area contributed by atoms with Crippen molar-refractivity contribution < 1.29 is 13.6 Å². The van der Waals surface area contributed by atoms with E-state index in [0.29, 0.717) is 17.5 Å². The lowest BCUT2D eigenvalue weighted by Crippen LogP contribution is -2.55. The van der Waals surface area contributed by atoms with Crippen LogP contribution in [0.5, 0.6) is 0 Å². The predicted molar refractivity (Wildman–Crippen MR) is 222 cm³/mol. The van der Waals surface area contributed by atoms with E-state index in [0.717, 1.165) is 47.0 Å². The molecule has 5 heteroatoms. The molecule has 0 bridgehead atoms. The topological polar surface area (TPSA) is 33.8 Å². The highest BCUT2D eigenvalue weighted by atomic mass is 28.3. The molecule has 6 aromatic rings. The van der Waals surface area contributed by atoms with E-state index in [4.69, 9.17) is 16.0 Å². The lowest BCUT2D eigenvalue weighted by atomic mass is 9.76. The Bertz CT molecular complexity index is 2430. The average molecular weight is 718 g/mol. The lowest BCUT2D eigenvalue weighted by Gasteiger charge is -2.34. The van der Waals surface area contributed by atoms with Gasteiger partial charge in [-0.3, -0.25) is 0 Å². The molecule has 0 radical (unpaired) electrons. The molecule has 6 heterocycles. The first-order chi connectivity index (χ1) is 25.3. The van der Waals surface area contributed by atoms with Gasteiger partial charge in [-0.05, 0) is 103 Å². The molecule has 0 spiro atoms. The molecule has 9 rings (SSSR count). The third-order valence-corrected chi connectivity index (χ3v) is 14.8. The van der Waals surface area contributed by atoms with Crippen LogP contribution >= 0.6 is 0 Å². The van der Waals surface area contributed by atoms with Crippen LogP contribution in [0, 0.1) is 6.92 Å². The minimum absolute atomic E-state index is 0.0105. The zero-order chi connectivity index (χ0) is 36.8. The summed E-state index contributed by atoms with van der Waals surface area (Å²) >= 11 is 0. The fourth-order valence-corrected chi connectivity index (χ4v) is 11.5. The molecular weight excluding hydrogens is 663 g/mol. The highest BCUT2D eigenvalue weighted by Gasteiger charge is 2.44. The van der Waals surface area contributed by atoms with E-state index in [1.54, 1.807) is 10.8 Å². The Balaban J connectivity index is 1.27. The van der Waals surface area contributed by atoms with Crippen molar-refractivity contribution in [2.24, 2.45) is 0 Å². The normalized spacial score (nSPS) is 19.3. The third-order valence-electron chi connectivity index (χ3n) is 12.8. The van der Waals surface area contributed by atoms with Crippen LogP contribution in [0.25, 0.3) is 50.3 Å². The van der Waals surface area contributed by atoms with E-state index in [2.05, 4.69) is 129 Å². The number of nitrogens with zero attached hydrogens (tertiary/aromatic N) is 3. The van der Waals surface area contributed by atoms with Crippen molar-refractivity contribution in [1.29, 1.82) is 0 Å². The second-order valence-corrected chi connectivity index (χ2v) is 23.5. The number of aryl methyl sites for hydroxylation is 2. The summed E-state index contributed by atoms with van der Waals surface area (Å²) < 4.78 is 11.6. The molecule has 1 saturated carbocycles. The highest BCUT2D eigenvalue weighted by Crippen LogP contribution is 2.46. The molecule has 1 fully saturated rings. The van der Waals surface area contributed by atoms with Crippen LogP contribution in [-0.4, -0.2) is 13.1 Å². The highest BCUT2D eigenvalue weighted by molar-refractivity contribution is 6.89. The van der Waals surface area contributed by atoms with Crippen LogP contribution < -0.4 is 14.3 Å². The van der Waals surface area contributed by atoms with E-state index >= 15 is 0 Å². The largest absolute Gasteiger partial charge is 0.438 e. The number of fused-ring (bicyclic) bond motifs is 12. The van der Waals surface area contributed by atoms with Crippen LogP contribution in [0.1, 0.15) is 112 Å². The molecule has 3 aliphatic rings. The van der Waals surface area contributed by atoms with Gasteiger partial charge in [0.2, 0.25) is 17.1 Å². The number of hydrogen-bond acceptors (Lipinski definition) is 2. The Labute approximate surface area is 316 Å². The zero-order valence-electron chi connectivity index (χ0n) is 32.9. The van der Waals surface area contributed by atoms with Gasteiger partial charge in [-0.25, -0.2) is 4.98 Å². The van der Waals surface area contributed by atoms with E-state index in [1.807, 2.05) is 6.92 Å². The summed E-state index contributed by atoms with van der Waals surface area (Å²) in [6.45, 7) is 21.5. The number of benzene rings is 2. The molecule has 2 unspecified atom stereocenters. The fourth-order valence-electron chi connectivity index (χ4n) is 9.88. The molecule has 270 valence electrons. The van der Waals surface area contributed by atoms with Crippen LogP contribution in [0.15, 0.2) is 90.1 Å². The quantitative estimate of drug-likeness (QED) is 0.132. The number of aromatic nitrogens is 3. The SMILES string of the molecule is C=C1CC2C(CCc3cc4oc5nc(C)ccc5c4cc3-c3cc(C(C)(C)C)cc[n+]31)c1ccccc1-c1cc(C3CCCCC3)c([Si](C)(C)C)c[n+]12. The second-order valence-electron chi connectivity index (χ2n) is 18.4. The van der Waals surface area contributed by atoms with Gasteiger partial charge in [0.1, 0.15) is 5.58 Å². The molecule has 0 amide bonds. The van der Waals surface area contributed by atoms with Crippen LogP contribution in [0.3, 0.4) is 0 Å². The molecule has 4 aromatic heterocycles. The molecule has 2 aromatic carbocycles. The van der Waals surface area contributed by atoms with Crippen LogP contribution in [-0.2, 0) is 11.8 Å². The van der Waals surface area contributed by atoms with E-state index in [1.165, 1.54) is 71.3 Å². The van der Waals surface area contributed by atoms with Gasteiger partial charge in [0.25, 0.3) is 0 Å². The molecule has 1 aliphatic carbocycles. The van der Waals surface area contributed by atoms with Gasteiger partial charge < -0.3 is 4.42 Å². The van der Waals surface area contributed by atoms with Crippen molar-refractivity contribution in [3.63, 3.8) is 0 Å². The monoisotopic (exact) mass is 717 g/mol. The molecule has 4 nitrogen and oxygen atoms in total. The Morgan fingerprint density at radius 3 is 2.40 bits per heavy atom. The molecule has 0 N–H and O–H groups in total. The van der Waals surface area contributed by atoms with E-state index < -0.39 is 8.07 Å². The Morgan fingerprint density at radius 2 is 1.62 bits per heavy atom. The van der Waals surface area contributed by atoms with E-state index in [-0.39, 0.29) is 11.5 Å². The number of hydrogen-bond donors (Lipinski definition) is 0. The molecule has 0 saturated heterocycles. The van der Waals surface area contributed by atoms with Gasteiger partial charge in [-0.1, -0.05) is 77.9 Å². The van der Waals surface area contributed by atoms with Crippen molar-refractivity contribution in [2.45, 2.75) is 122 Å². The average Bonchev–Trinajstić information content (AvgIpc) is 3.49. The van der Waals surface area contributed by atoms with Gasteiger partial charge >= 0.3 is 0 Å². The number of furan rings is 1. The van der Waals surface area contributed by atoms with E-state index in [9.17, 15) is 0 Å². The van der Waals surface area contributed by atoms with Crippen LogP contribution in [0.4, 0.5) is 0 Å². The van der Waals surface area contributed by atoms with Crippen LogP contribution in [0.2, 0.25) is 19.6 Å².